The smallest absolute Gasteiger partial charge is 0.310 e. The van der Waals surface area contributed by atoms with E-state index in [-0.39, 0.29) is 23.7 Å². The summed E-state index contributed by atoms with van der Waals surface area (Å²) in [4.78, 5) is 27.2. The van der Waals surface area contributed by atoms with Gasteiger partial charge in [-0.1, -0.05) is 6.92 Å². The van der Waals surface area contributed by atoms with Crippen LogP contribution in [0.15, 0.2) is 6.07 Å². The first-order chi connectivity index (χ1) is 8.93. The molecule has 104 valence electrons. The van der Waals surface area contributed by atoms with Crippen molar-refractivity contribution in [3.8, 4) is 0 Å². The molecule has 0 saturated carbocycles. The fraction of sp³-hybridized carbons (Fsp3) is 0.538. The molecule has 2 atom stereocenters. The van der Waals surface area contributed by atoms with Crippen molar-refractivity contribution < 1.29 is 14.3 Å². The number of thiophene rings is 1. The quantitative estimate of drug-likeness (QED) is 0.835. The lowest BCUT2D eigenvalue weighted by atomic mass is 9.99. The molecule has 6 heteroatoms. The van der Waals surface area contributed by atoms with Crippen molar-refractivity contribution in [2.24, 2.45) is 11.8 Å². The maximum absolute atomic E-state index is 12.3. The first kappa shape index (κ1) is 13.9. The lowest BCUT2D eigenvalue weighted by Crippen LogP contribution is -2.29. The Morgan fingerprint density at radius 1 is 1.47 bits per heavy atom. The third-order valence-electron chi connectivity index (χ3n) is 3.57. The number of likely N-dealkylation sites (tertiary alicyclic amines) is 1. The SMILES string of the molecule is COC(=O)C1CN(C(=O)c2cc(N)c(C)s2)CC1C. The Balaban J connectivity index is 2.12. The normalized spacial score (nSPS) is 22.6. The van der Waals surface area contributed by atoms with E-state index in [2.05, 4.69) is 0 Å². The van der Waals surface area contributed by atoms with E-state index < -0.39 is 0 Å². The lowest BCUT2D eigenvalue weighted by molar-refractivity contribution is -0.146. The molecule has 1 aromatic rings. The summed E-state index contributed by atoms with van der Waals surface area (Å²) in [6.45, 7) is 4.85. The molecule has 0 radical (unpaired) electrons. The van der Waals surface area contributed by atoms with Crippen LogP contribution in [0.4, 0.5) is 5.69 Å². The van der Waals surface area contributed by atoms with E-state index >= 15 is 0 Å². The second-order valence-corrected chi connectivity index (χ2v) is 6.20. The summed E-state index contributed by atoms with van der Waals surface area (Å²) in [7, 11) is 1.38. The van der Waals surface area contributed by atoms with Crippen molar-refractivity contribution in [2.75, 3.05) is 25.9 Å². The molecule has 19 heavy (non-hydrogen) atoms. The number of nitrogen functional groups attached to an aromatic ring is 1. The van der Waals surface area contributed by atoms with Crippen molar-refractivity contribution >= 4 is 28.9 Å². The number of aryl methyl sites for hydroxylation is 1. The van der Waals surface area contributed by atoms with Crippen molar-refractivity contribution in [1.29, 1.82) is 0 Å². The van der Waals surface area contributed by atoms with Gasteiger partial charge >= 0.3 is 5.97 Å². The third-order valence-corrected chi connectivity index (χ3v) is 4.62. The van der Waals surface area contributed by atoms with Gasteiger partial charge in [0.15, 0.2) is 0 Å². The molecule has 1 aromatic heterocycles. The van der Waals surface area contributed by atoms with Crippen LogP contribution in [0, 0.1) is 18.8 Å². The minimum Gasteiger partial charge on any atom is -0.469 e. The second kappa shape index (κ2) is 5.21. The molecule has 1 aliphatic heterocycles. The van der Waals surface area contributed by atoms with Gasteiger partial charge in [-0.2, -0.15) is 0 Å². The van der Waals surface area contributed by atoms with Gasteiger partial charge in [-0.3, -0.25) is 9.59 Å². The Morgan fingerprint density at radius 2 is 2.16 bits per heavy atom. The summed E-state index contributed by atoms with van der Waals surface area (Å²) < 4.78 is 4.77. The summed E-state index contributed by atoms with van der Waals surface area (Å²) in [6.07, 6.45) is 0. The van der Waals surface area contributed by atoms with Crippen LogP contribution in [0.1, 0.15) is 21.5 Å². The van der Waals surface area contributed by atoms with Gasteiger partial charge in [0.1, 0.15) is 0 Å². The molecule has 0 aliphatic carbocycles. The molecule has 2 rings (SSSR count). The van der Waals surface area contributed by atoms with Gasteiger partial charge in [-0.15, -0.1) is 11.3 Å². The number of carbonyl (C=O) groups excluding carboxylic acids is 2. The van der Waals surface area contributed by atoms with Gasteiger partial charge in [-0.05, 0) is 18.9 Å². The molecule has 1 fully saturated rings. The minimum atomic E-state index is -0.246. The average Bonchev–Trinajstić information content (AvgIpc) is 2.92. The zero-order valence-electron chi connectivity index (χ0n) is 11.3. The molecule has 0 bridgehead atoms. The number of hydrogen-bond acceptors (Lipinski definition) is 5. The molecule has 5 nitrogen and oxygen atoms in total. The number of nitrogens with zero attached hydrogens (tertiary/aromatic N) is 1. The summed E-state index contributed by atoms with van der Waals surface area (Å²) >= 11 is 1.39. The van der Waals surface area contributed by atoms with Crippen LogP contribution in [0.2, 0.25) is 0 Å². The topological polar surface area (TPSA) is 72.6 Å². The van der Waals surface area contributed by atoms with Crippen LogP contribution >= 0.6 is 11.3 Å². The van der Waals surface area contributed by atoms with Crippen molar-refractivity contribution in [3.05, 3.63) is 15.8 Å². The van der Waals surface area contributed by atoms with E-state index in [1.165, 1.54) is 18.4 Å². The predicted molar refractivity (Wildman–Crippen MR) is 74.0 cm³/mol. The Kier molecular flexibility index (Phi) is 3.80. The number of amides is 1. The van der Waals surface area contributed by atoms with Gasteiger partial charge in [0, 0.05) is 23.7 Å². The second-order valence-electron chi connectivity index (χ2n) is 4.94. The molecule has 2 N–H and O–H groups in total. The highest BCUT2D eigenvalue weighted by Crippen LogP contribution is 2.29. The first-order valence-corrected chi connectivity index (χ1v) is 6.98. The maximum atomic E-state index is 12.3. The van der Waals surface area contributed by atoms with Gasteiger partial charge in [-0.25, -0.2) is 0 Å². The van der Waals surface area contributed by atoms with E-state index in [1.54, 1.807) is 11.0 Å². The van der Waals surface area contributed by atoms with Gasteiger partial charge in [0.2, 0.25) is 0 Å². The van der Waals surface area contributed by atoms with Crippen LogP contribution in [0.3, 0.4) is 0 Å². The molecule has 1 saturated heterocycles. The van der Waals surface area contributed by atoms with E-state index in [4.69, 9.17) is 10.5 Å². The number of esters is 1. The van der Waals surface area contributed by atoms with Crippen molar-refractivity contribution in [3.63, 3.8) is 0 Å². The standard InChI is InChI=1S/C13H18N2O3S/c1-7-5-15(6-9(7)13(17)18-3)12(16)11-4-10(14)8(2)19-11/h4,7,9H,5-6,14H2,1-3H3. The molecule has 1 aliphatic rings. The molecule has 0 spiro atoms. The predicted octanol–water partition coefficient (Wildman–Crippen LogP) is 1.52. The highest BCUT2D eigenvalue weighted by molar-refractivity contribution is 7.14. The van der Waals surface area contributed by atoms with Crippen LogP contribution in [-0.4, -0.2) is 37.0 Å². The molecular weight excluding hydrogens is 264 g/mol. The Bertz CT molecular complexity index is 492. The van der Waals surface area contributed by atoms with E-state index in [9.17, 15) is 9.59 Å². The van der Waals surface area contributed by atoms with Gasteiger partial charge < -0.3 is 15.4 Å². The molecular formula is C13H18N2O3S. The van der Waals surface area contributed by atoms with Crippen LogP contribution < -0.4 is 5.73 Å². The molecule has 1 amide bonds. The summed E-state index contributed by atoms with van der Waals surface area (Å²) in [5.74, 6) is -0.408. The summed E-state index contributed by atoms with van der Waals surface area (Å²) in [5, 5.41) is 0. The number of rotatable bonds is 2. The molecule has 0 aromatic carbocycles. The van der Waals surface area contributed by atoms with Gasteiger partial charge in [0.25, 0.3) is 5.91 Å². The van der Waals surface area contributed by atoms with Crippen molar-refractivity contribution in [2.45, 2.75) is 13.8 Å². The summed E-state index contributed by atoms with van der Waals surface area (Å²) in [5.41, 5.74) is 6.41. The van der Waals surface area contributed by atoms with Crippen LogP contribution in [-0.2, 0) is 9.53 Å². The Hall–Kier alpha value is -1.56. The summed E-state index contributed by atoms with van der Waals surface area (Å²) in [6, 6.07) is 1.71. The number of carbonyl (C=O) groups is 2. The minimum absolute atomic E-state index is 0.0527. The lowest BCUT2D eigenvalue weighted by Gasteiger charge is -2.14. The fourth-order valence-electron chi connectivity index (χ4n) is 2.35. The maximum Gasteiger partial charge on any atom is 0.310 e. The largest absolute Gasteiger partial charge is 0.469 e. The van der Waals surface area contributed by atoms with Crippen LogP contribution in [0.25, 0.3) is 0 Å². The number of nitrogens with two attached hydrogens (primary N) is 1. The van der Waals surface area contributed by atoms with Crippen LogP contribution in [0.5, 0.6) is 0 Å². The fourth-order valence-corrected chi connectivity index (χ4v) is 3.26. The molecule has 2 unspecified atom stereocenters. The highest BCUT2D eigenvalue weighted by Gasteiger charge is 2.38. The van der Waals surface area contributed by atoms with Gasteiger partial charge in [0.05, 0.1) is 17.9 Å². The first-order valence-electron chi connectivity index (χ1n) is 6.17. The number of methoxy groups -OCH3 is 1. The van der Waals surface area contributed by atoms with Crippen molar-refractivity contribution in [1.82, 2.24) is 4.90 Å². The van der Waals surface area contributed by atoms with E-state index in [0.29, 0.717) is 23.7 Å². The highest BCUT2D eigenvalue weighted by atomic mass is 32.1. The zero-order chi connectivity index (χ0) is 14.2. The van der Waals surface area contributed by atoms with E-state index in [1.807, 2.05) is 13.8 Å². The third kappa shape index (κ3) is 2.58. The number of hydrogen-bond donors (Lipinski definition) is 1. The Labute approximate surface area is 116 Å². The Morgan fingerprint density at radius 3 is 2.68 bits per heavy atom. The monoisotopic (exact) mass is 282 g/mol. The molecule has 2 heterocycles. The average molecular weight is 282 g/mol. The zero-order valence-corrected chi connectivity index (χ0v) is 12.1. The number of anilines is 1. The number of ether oxygens (including phenoxy) is 1. The van der Waals surface area contributed by atoms with E-state index in [0.717, 1.165) is 4.88 Å².